The van der Waals surface area contributed by atoms with Crippen LogP contribution < -0.4 is 5.32 Å². The predicted octanol–water partition coefficient (Wildman–Crippen LogP) is 3.96. The molecule has 0 bridgehead atoms. The van der Waals surface area contributed by atoms with Crippen LogP contribution in [0.1, 0.15) is 32.4 Å². The summed E-state index contributed by atoms with van der Waals surface area (Å²) < 4.78 is 5.27. The number of carbonyl (C=O) groups excluding carboxylic acids is 1. The minimum atomic E-state index is -0.200. The first-order valence-electron chi connectivity index (χ1n) is 8.61. The number of benzene rings is 1. The summed E-state index contributed by atoms with van der Waals surface area (Å²) in [6.45, 7) is 7.23. The van der Waals surface area contributed by atoms with Gasteiger partial charge in [0.25, 0.3) is 0 Å². The minimum Gasteiger partial charge on any atom is -0.447 e. The maximum absolute atomic E-state index is 12.0. The molecule has 1 aliphatic rings. The number of piperidine rings is 1. The fourth-order valence-electron chi connectivity index (χ4n) is 3.13. The van der Waals surface area contributed by atoms with Crippen LogP contribution in [-0.2, 0) is 4.74 Å². The SMILES string of the molecule is Cc1cc(NC2CCN(C(=O)OC(C)C)CC2)c2ccccc2n1. The van der Waals surface area contributed by atoms with Gasteiger partial charge in [-0.05, 0) is 45.7 Å². The molecule has 1 saturated heterocycles. The van der Waals surface area contributed by atoms with Crippen molar-refractivity contribution >= 4 is 22.7 Å². The van der Waals surface area contributed by atoms with Gasteiger partial charge in [0, 0.05) is 35.9 Å². The molecule has 5 heteroatoms. The molecule has 0 atom stereocenters. The van der Waals surface area contributed by atoms with Crippen LogP contribution in [0.15, 0.2) is 30.3 Å². The maximum Gasteiger partial charge on any atom is 0.410 e. The number of hydrogen-bond acceptors (Lipinski definition) is 4. The van der Waals surface area contributed by atoms with Gasteiger partial charge in [-0.1, -0.05) is 18.2 Å². The molecular weight excluding hydrogens is 302 g/mol. The molecule has 2 aromatic rings. The van der Waals surface area contributed by atoms with Crippen molar-refractivity contribution in [3.8, 4) is 0 Å². The molecule has 0 radical (unpaired) electrons. The van der Waals surface area contributed by atoms with Gasteiger partial charge in [-0.25, -0.2) is 4.79 Å². The number of fused-ring (bicyclic) bond motifs is 1. The van der Waals surface area contributed by atoms with E-state index in [1.165, 1.54) is 0 Å². The number of likely N-dealkylation sites (tertiary alicyclic amines) is 1. The van der Waals surface area contributed by atoms with Gasteiger partial charge in [0.15, 0.2) is 0 Å². The largest absolute Gasteiger partial charge is 0.447 e. The van der Waals surface area contributed by atoms with E-state index in [1.54, 1.807) is 4.90 Å². The van der Waals surface area contributed by atoms with Crippen molar-refractivity contribution in [2.45, 2.75) is 45.8 Å². The van der Waals surface area contributed by atoms with Gasteiger partial charge in [0.2, 0.25) is 0 Å². The van der Waals surface area contributed by atoms with Gasteiger partial charge in [0.05, 0.1) is 11.6 Å². The Balaban J connectivity index is 1.66. The molecule has 128 valence electrons. The van der Waals surface area contributed by atoms with E-state index in [0.717, 1.165) is 48.2 Å². The molecule has 3 rings (SSSR count). The van der Waals surface area contributed by atoms with Gasteiger partial charge in [-0.3, -0.25) is 4.98 Å². The third kappa shape index (κ3) is 3.78. The van der Waals surface area contributed by atoms with Crippen LogP contribution in [0.3, 0.4) is 0 Å². The van der Waals surface area contributed by atoms with Crippen molar-refractivity contribution in [2.24, 2.45) is 0 Å². The summed E-state index contributed by atoms with van der Waals surface area (Å²) in [5, 5.41) is 4.79. The topological polar surface area (TPSA) is 54.5 Å². The van der Waals surface area contributed by atoms with E-state index in [-0.39, 0.29) is 12.2 Å². The van der Waals surface area contributed by atoms with E-state index in [2.05, 4.69) is 22.4 Å². The first-order chi connectivity index (χ1) is 11.5. The van der Waals surface area contributed by atoms with Crippen molar-refractivity contribution in [1.82, 2.24) is 9.88 Å². The zero-order valence-corrected chi connectivity index (χ0v) is 14.6. The molecule has 5 nitrogen and oxygen atoms in total. The normalized spacial score (nSPS) is 15.8. The number of amides is 1. The van der Waals surface area contributed by atoms with E-state index in [1.807, 2.05) is 39.0 Å². The number of ether oxygens (including phenoxy) is 1. The summed E-state index contributed by atoms with van der Waals surface area (Å²) in [5.41, 5.74) is 3.15. The standard InChI is InChI=1S/C19H25N3O2/c1-13(2)24-19(23)22-10-8-15(9-11-22)21-18-12-14(3)20-17-7-5-4-6-16(17)18/h4-7,12-13,15H,8-11H2,1-3H3,(H,20,21). The Morgan fingerprint density at radius 2 is 2.00 bits per heavy atom. The van der Waals surface area contributed by atoms with Crippen LogP contribution >= 0.6 is 0 Å². The molecular formula is C19H25N3O2. The summed E-state index contributed by atoms with van der Waals surface area (Å²) in [4.78, 5) is 18.4. The molecule has 1 aliphatic heterocycles. The smallest absolute Gasteiger partial charge is 0.410 e. The molecule has 2 heterocycles. The Morgan fingerprint density at radius 1 is 1.29 bits per heavy atom. The number of anilines is 1. The highest BCUT2D eigenvalue weighted by Gasteiger charge is 2.24. The molecule has 1 N–H and O–H groups in total. The first-order valence-corrected chi connectivity index (χ1v) is 8.61. The molecule has 1 fully saturated rings. The zero-order chi connectivity index (χ0) is 17.1. The van der Waals surface area contributed by atoms with Gasteiger partial charge in [0.1, 0.15) is 0 Å². The van der Waals surface area contributed by atoms with Gasteiger partial charge >= 0.3 is 6.09 Å². The third-order valence-electron chi connectivity index (χ3n) is 4.29. The Morgan fingerprint density at radius 3 is 2.71 bits per heavy atom. The van der Waals surface area contributed by atoms with E-state index in [4.69, 9.17) is 4.74 Å². The fraction of sp³-hybridized carbons (Fsp3) is 0.474. The van der Waals surface area contributed by atoms with Gasteiger partial charge in [-0.15, -0.1) is 0 Å². The molecule has 0 aliphatic carbocycles. The molecule has 0 spiro atoms. The summed E-state index contributed by atoms with van der Waals surface area (Å²) in [6.07, 6.45) is 1.57. The number of carbonyl (C=O) groups is 1. The Kier molecular flexibility index (Phi) is 4.88. The van der Waals surface area contributed by atoms with Crippen LogP contribution in [0.5, 0.6) is 0 Å². The monoisotopic (exact) mass is 327 g/mol. The summed E-state index contributed by atoms with van der Waals surface area (Å²) in [6, 6.07) is 10.6. The Bertz CT molecular complexity index is 722. The summed E-state index contributed by atoms with van der Waals surface area (Å²) in [7, 11) is 0. The summed E-state index contributed by atoms with van der Waals surface area (Å²) in [5.74, 6) is 0. The van der Waals surface area contributed by atoms with Crippen LogP contribution in [0, 0.1) is 6.92 Å². The molecule has 1 aromatic carbocycles. The van der Waals surface area contributed by atoms with E-state index >= 15 is 0 Å². The number of hydrogen-bond donors (Lipinski definition) is 1. The third-order valence-corrected chi connectivity index (χ3v) is 4.29. The van der Waals surface area contributed by atoms with Crippen LogP contribution in [0.4, 0.5) is 10.5 Å². The van der Waals surface area contributed by atoms with Crippen molar-refractivity contribution in [2.75, 3.05) is 18.4 Å². The molecule has 1 amide bonds. The fourth-order valence-corrected chi connectivity index (χ4v) is 3.13. The van der Waals surface area contributed by atoms with Crippen molar-refractivity contribution in [3.05, 3.63) is 36.0 Å². The second-order valence-corrected chi connectivity index (χ2v) is 6.67. The van der Waals surface area contributed by atoms with Crippen molar-refractivity contribution in [1.29, 1.82) is 0 Å². The number of aromatic nitrogens is 1. The van der Waals surface area contributed by atoms with Crippen LogP contribution in [0.25, 0.3) is 10.9 Å². The molecule has 0 saturated carbocycles. The number of pyridine rings is 1. The summed E-state index contributed by atoms with van der Waals surface area (Å²) >= 11 is 0. The van der Waals surface area contributed by atoms with E-state index in [0.29, 0.717) is 6.04 Å². The van der Waals surface area contributed by atoms with E-state index < -0.39 is 0 Å². The quantitative estimate of drug-likeness (QED) is 0.927. The highest BCUT2D eigenvalue weighted by atomic mass is 16.6. The van der Waals surface area contributed by atoms with E-state index in [9.17, 15) is 4.79 Å². The van der Waals surface area contributed by atoms with Crippen LogP contribution in [0.2, 0.25) is 0 Å². The first kappa shape index (κ1) is 16.6. The molecule has 1 aromatic heterocycles. The lowest BCUT2D eigenvalue weighted by atomic mass is 10.0. The zero-order valence-electron chi connectivity index (χ0n) is 14.6. The lowest BCUT2D eigenvalue weighted by Gasteiger charge is -2.33. The number of para-hydroxylation sites is 1. The maximum atomic E-state index is 12.0. The highest BCUT2D eigenvalue weighted by Crippen LogP contribution is 2.25. The molecule has 24 heavy (non-hydrogen) atoms. The number of nitrogens with one attached hydrogen (secondary N) is 1. The minimum absolute atomic E-state index is 0.0699. The number of aryl methyl sites for hydroxylation is 1. The Hall–Kier alpha value is -2.30. The lowest BCUT2D eigenvalue weighted by Crippen LogP contribution is -2.43. The predicted molar refractivity (Wildman–Crippen MR) is 96.3 cm³/mol. The van der Waals surface area contributed by atoms with Crippen molar-refractivity contribution in [3.63, 3.8) is 0 Å². The second kappa shape index (κ2) is 7.07. The van der Waals surface area contributed by atoms with Gasteiger partial charge < -0.3 is 15.0 Å². The van der Waals surface area contributed by atoms with Gasteiger partial charge in [-0.2, -0.15) is 0 Å². The second-order valence-electron chi connectivity index (χ2n) is 6.67. The Labute approximate surface area is 143 Å². The average Bonchev–Trinajstić information content (AvgIpc) is 2.54. The highest BCUT2D eigenvalue weighted by molar-refractivity contribution is 5.91. The lowest BCUT2D eigenvalue weighted by molar-refractivity contribution is 0.0701. The average molecular weight is 327 g/mol. The van der Waals surface area contributed by atoms with Crippen molar-refractivity contribution < 1.29 is 9.53 Å². The van der Waals surface area contributed by atoms with Crippen LogP contribution in [-0.4, -0.2) is 41.2 Å². The number of rotatable bonds is 3. The number of nitrogens with zero attached hydrogens (tertiary/aromatic N) is 2. The molecule has 0 unspecified atom stereocenters.